The van der Waals surface area contributed by atoms with Crippen LogP contribution < -0.4 is 5.32 Å². The van der Waals surface area contributed by atoms with Crippen LogP contribution in [0.4, 0.5) is 0 Å². The monoisotopic (exact) mass is 253 g/mol. The number of nitrogens with zero attached hydrogens (tertiary/aromatic N) is 2. The maximum absolute atomic E-state index is 4.49. The molecule has 1 atom stereocenters. The summed E-state index contributed by atoms with van der Waals surface area (Å²) in [5, 5.41) is 3.19. The molecule has 17 heavy (non-hydrogen) atoms. The van der Waals surface area contributed by atoms with E-state index in [-0.39, 0.29) is 0 Å². The molecule has 0 bridgehead atoms. The van der Waals surface area contributed by atoms with Crippen LogP contribution in [0.1, 0.15) is 18.2 Å². The summed E-state index contributed by atoms with van der Waals surface area (Å²) in [5.41, 5.74) is 2.47. The zero-order chi connectivity index (χ0) is 12.7. The highest BCUT2D eigenvalue weighted by atomic mass is 32.2. The number of thioether (sulfide) groups is 1. The van der Waals surface area contributed by atoms with Gasteiger partial charge in [0, 0.05) is 31.1 Å². The Labute approximate surface area is 109 Å². The standard InChI is InChI=1S/C13H23N3S/c1-11(10-17-4)16(3)9-13-12(8-14-2)6-5-7-15-13/h5-7,11,14H,8-10H2,1-4H3. The van der Waals surface area contributed by atoms with Gasteiger partial charge in [-0.25, -0.2) is 0 Å². The number of hydrogen-bond donors (Lipinski definition) is 1. The van der Waals surface area contributed by atoms with E-state index in [1.165, 1.54) is 11.3 Å². The van der Waals surface area contributed by atoms with Crippen molar-refractivity contribution in [2.45, 2.75) is 26.1 Å². The fraction of sp³-hybridized carbons (Fsp3) is 0.615. The molecule has 1 aromatic heterocycles. The van der Waals surface area contributed by atoms with Crippen LogP contribution in [-0.2, 0) is 13.1 Å². The molecule has 96 valence electrons. The first-order valence-electron chi connectivity index (χ1n) is 5.95. The van der Waals surface area contributed by atoms with Crippen molar-refractivity contribution in [2.24, 2.45) is 0 Å². The Kier molecular flexibility index (Phi) is 6.55. The molecule has 0 aromatic carbocycles. The van der Waals surface area contributed by atoms with E-state index in [0.29, 0.717) is 6.04 Å². The van der Waals surface area contributed by atoms with Gasteiger partial charge in [0.05, 0.1) is 5.69 Å². The highest BCUT2D eigenvalue weighted by molar-refractivity contribution is 7.98. The second-order valence-corrected chi connectivity index (χ2v) is 5.27. The third kappa shape index (κ3) is 4.66. The van der Waals surface area contributed by atoms with Crippen LogP contribution in [0.15, 0.2) is 18.3 Å². The molecule has 1 rings (SSSR count). The van der Waals surface area contributed by atoms with Crippen LogP contribution in [0.25, 0.3) is 0 Å². The minimum absolute atomic E-state index is 0.578. The molecular weight excluding hydrogens is 230 g/mol. The van der Waals surface area contributed by atoms with Crippen molar-refractivity contribution in [1.82, 2.24) is 15.2 Å². The van der Waals surface area contributed by atoms with Crippen molar-refractivity contribution >= 4 is 11.8 Å². The van der Waals surface area contributed by atoms with Crippen molar-refractivity contribution in [2.75, 3.05) is 26.1 Å². The number of pyridine rings is 1. The first-order valence-corrected chi connectivity index (χ1v) is 7.35. The average molecular weight is 253 g/mol. The van der Waals surface area contributed by atoms with Gasteiger partial charge in [0.2, 0.25) is 0 Å². The Hall–Kier alpha value is -0.580. The molecule has 0 aliphatic rings. The number of nitrogens with one attached hydrogen (secondary N) is 1. The van der Waals surface area contributed by atoms with Crippen LogP contribution in [0.3, 0.4) is 0 Å². The summed E-state index contributed by atoms with van der Waals surface area (Å²) in [6, 6.07) is 4.72. The molecule has 1 aromatic rings. The average Bonchev–Trinajstić information content (AvgIpc) is 2.32. The minimum atomic E-state index is 0.578. The van der Waals surface area contributed by atoms with Gasteiger partial charge < -0.3 is 5.32 Å². The summed E-state index contributed by atoms with van der Waals surface area (Å²) in [5.74, 6) is 1.16. The molecule has 4 heteroatoms. The zero-order valence-electron chi connectivity index (χ0n) is 11.2. The highest BCUT2D eigenvalue weighted by Gasteiger charge is 2.11. The lowest BCUT2D eigenvalue weighted by molar-refractivity contribution is 0.265. The Morgan fingerprint density at radius 1 is 1.53 bits per heavy atom. The summed E-state index contributed by atoms with van der Waals surface area (Å²) in [4.78, 5) is 6.85. The molecular formula is C13H23N3S. The Balaban J connectivity index is 2.66. The van der Waals surface area contributed by atoms with Gasteiger partial charge in [0.25, 0.3) is 0 Å². The van der Waals surface area contributed by atoms with Crippen molar-refractivity contribution in [3.8, 4) is 0 Å². The van der Waals surface area contributed by atoms with Gasteiger partial charge >= 0.3 is 0 Å². The lowest BCUT2D eigenvalue weighted by Crippen LogP contribution is -2.31. The van der Waals surface area contributed by atoms with Gasteiger partial charge in [0.15, 0.2) is 0 Å². The molecule has 0 fully saturated rings. The Morgan fingerprint density at radius 2 is 2.29 bits per heavy atom. The largest absolute Gasteiger partial charge is 0.316 e. The second-order valence-electron chi connectivity index (χ2n) is 4.36. The van der Waals surface area contributed by atoms with Crippen molar-refractivity contribution in [3.63, 3.8) is 0 Å². The summed E-state index contributed by atoms with van der Waals surface area (Å²) in [6.07, 6.45) is 4.03. The number of aromatic nitrogens is 1. The van der Waals surface area contributed by atoms with Gasteiger partial charge in [-0.15, -0.1) is 0 Å². The van der Waals surface area contributed by atoms with E-state index >= 15 is 0 Å². The molecule has 0 saturated heterocycles. The van der Waals surface area contributed by atoms with Gasteiger partial charge in [-0.3, -0.25) is 9.88 Å². The smallest absolute Gasteiger partial charge is 0.0588 e. The van der Waals surface area contributed by atoms with E-state index in [1.807, 2.05) is 31.1 Å². The van der Waals surface area contributed by atoms with E-state index in [4.69, 9.17) is 0 Å². The lowest BCUT2D eigenvalue weighted by Gasteiger charge is -2.24. The molecule has 0 aliphatic heterocycles. The van der Waals surface area contributed by atoms with Crippen LogP contribution in [0.2, 0.25) is 0 Å². The lowest BCUT2D eigenvalue weighted by atomic mass is 10.1. The first kappa shape index (κ1) is 14.5. The van der Waals surface area contributed by atoms with Gasteiger partial charge in [-0.05, 0) is 38.9 Å². The second kappa shape index (κ2) is 7.69. The van der Waals surface area contributed by atoms with Crippen LogP contribution in [0, 0.1) is 0 Å². The molecule has 1 heterocycles. The molecule has 3 nitrogen and oxygen atoms in total. The molecule has 1 unspecified atom stereocenters. The van der Waals surface area contributed by atoms with Crippen molar-refractivity contribution in [3.05, 3.63) is 29.6 Å². The zero-order valence-corrected chi connectivity index (χ0v) is 12.0. The first-order chi connectivity index (χ1) is 8.19. The molecule has 0 radical (unpaired) electrons. The van der Waals surface area contributed by atoms with Crippen LogP contribution >= 0.6 is 11.8 Å². The normalized spacial score (nSPS) is 13.0. The van der Waals surface area contributed by atoms with E-state index in [0.717, 1.165) is 18.8 Å². The summed E-state index contributed by atoms with van der Waals surface area (Å²) in [6.45, 7) is 4.06. The van der Waals surface area contributed by atoms with E-state index in [2.05, 4.69) is 41.5 Å². The molecule has 0 spiro atoms. The van der Waals surface area contributed by atoms with Crippen molar-refractivity contribution in [1.29, 1.82) is 0 Å². The molecule has 1 N–H and O–H groups in total. The van der Waals surface area contributed by atoms with E-state index < -0.39 is 0 Å². The molecule has 0 amide bonds. The maximum Gasteiger partial charge on any atom is 0.0588 e. The fourth-order valence-electron chi connectivity index (χ4n) is 1.73. The SMILES string of the molecule is CNCc1cccnc1CN(C)C(C)CSC. The Bertz CT molecular complexity index is 330. The fourth-order valence-corrected chi connectivity index (χ4v) is 2.46. The quantitative estimate of drug-likeness (QED) is 0.804. The summed E-state index contributed by atoms with van der Waals surface area (Å²) >= 11 is 1.89. The van der Waals surface area contributed by atoms with Gasteiger partial charge in [-0.1, -0.05) is 6.07 Å². The predicted molar refractivity (Wildman–Crippen MR) is 76.3 cm³/mol. The third-order valence-electron chi connectivity index (χ3n) is 2.91. The Morgan fingerprint density at radius 3 is 2.94 bits per heavy atom. The van der Waals surface area contributed by atoms with Gasteiger partial charge in [-0.2, -0.15) is 11.8 Å². The van der Waals surface area contributed by atoms with Gasteiger partial charge in [0.1, 0.15) is 0 Å². The molecule has 0 aliphatic carbocycles. The van der Waals surface area contributed by atoms with E-state index in [1.54, 1.807) is 0 Å². The van der Waals surface area contributed by atoms with E-state index in [9.17, 15) is 0 Å². The highest BCUT2D eigenvalue weighted by Crippen LogP contribution is 2.11. The molecule has 0 saturated carbocycles. The maximum atomic E-state index is 4.49. The summed E-state index contributed by atoms with van der Waals surface area (Å²) in [7, 11) is 4.13. The number of hydrogen-bond acceptors (Lipinski definition) is 4. The number of rotatable bonds is 7. The minimum Gasteiger partial charge on any atom is -0.316 e. The summed E-state index contributed by atoms with van der Waals surface area (Å²) < 4.78 is 0. The van der Waals surface area contributed by atoms with Crippen LogP contribution in [-0.4, -0.2) is 42.0 Å². The third-order valence-corrected chi connectivity index (χ3v) is 3.73. The topological polar surface area (TPSA) is 28.2 Å². The predicted octanol–water partition coefficient (Wildman–Crippen LogP) is 1.98. The van der Waals surface area contributed by atoms with Crippen molar-refractivity contribution < 1.29 is 0 Å². The van der Waals surface area contributed by atoms with Crippen LogP contribution in [0.5, 0.6) is 0 Å².